The second-order valence-electron chi connectivity index (χ2n) is 5.84. The second kappa shape index (κ2) is 8.24. The van der Waals surface area contributed by atoms with Crippen molar-refractivity contribution in [3.8, 4) is 17.2 Å². The molecular formula is C18H19BrClN3O3. The summed E-state index contributed by atoms with van der Waals surface area (Å²) in [6.07, 6.45) is 0. The Morgan fingerprint density at radius 2 is 1.69 bits per heavy atom. The van der Waals surface area contributed by atoms with E-state index in [0.717, 1.165) is 27.5 Å². The lowest BCUT2D eigenvalue weighted by molar-refractivity contribution is 0.112. The minimum absolute atomic E-state index is 0.0143. The van der Waals surface area contributed by atoms with Gasteiger partial charge in [0.05, 0.1) is 18.2 Å². The molecule has 2 aromatic carbocycles. The summed E-state index contributed by atoms with van der Waals surface area (Å²) in [5, 5.41) is 20.4. The van der Waals surface area contributed by atoms with E-state index in [9.17, 15) is 5.11 Å². The first-order valence-corrected chi connectivity index (χ1v) is 9.63. The zero-order chi connectivity index (χ0) is 18.7. The number of hydrogen-bond acceptors (Lipinski definition) is 5. The lowest BCUT2D eigenvalue weighted by Crippen LogP contribution is -2.08. The molecule has 3 aromatic rings. The summed E-state index contributed by atoms with van der Waals surface area (Å²) in [6.45, 7) is 5.44. The minimum atomic E-state index is -0.0143. The molecule has 0 saturated carbocycles. The van der Waals surface area contributed by atoms with Crippen LogP contribution in [0.25, 0.3) is 16.7 Å². The number of hydrogen-bond donors (Lipinski definition) is 1. The quantitative estimate of drug-likeness (QED) is 0.441. The van der Waals surface area contributed by atoms with Gasteiger partial charge >= 0.3 is 0 Å². The minimum Gasteiger partial charge on any atom is -0.505 e. The number of aromatic hydroxyl groups is 1. The van der Waals surface area contributed by atoms with Crippen molar-refractivity contribution in [1.29, 1.82) is 0 Å². The summed E-state index contributed by atoms with van der Waals surface area (Å²) >= 11 is 9.57. The lowest BCUT2D eigenvalue weighted by atomic mass is 10.1. The highest BCUT2D eigenvalue weighted by Crippen LogP contribution is 2.34. The van der Waals surface area contributed by atoms with Crippen molar-refractivity contribution in [2.24, 2.45) is 0 Å². The van der Waals surface area contributed by atoms with Crippen LogP contribution in [0.3, 0.4) is 0 Å². The number of aryl methyl sites for hydroxylation is 2. The molecule has 0 spiro atoms. The Balaban J connectivity index is 1.83. The van der Waals surface area contributed by atoms with E-state index >= 15 is 0 Å². The topological polar surface area (TPSA) is 69.4 Å². The summed E-state index contributed by atoms with van der Waals surface area (Å²) in [4.78, 5) is 1.38. The monoisotopic (exact) mass is 439 g/mol. The smallest absolute Gasteiger partial charge is 0.146 e. The van der Waals surface area contributed by atoms with Crippen LogP contribution in [-0.4, -0.2) is 45.3 Å². The molecule has 0 aliphatic heterocycles. The largest absolute Gasteiger partial charge is 0.505 e. The van der Waals surface area contributed by atoms with Gasteiger partial charge in [0.2, 0.25) is 0 Å². The molecule has 0 unspecified atom stereocenters. The van der Waals surface area contributed by atoms with E-state index in [-0.39, 0.29) is 5.75 Å². The van der Waals surface area contributed by atoms with E-state index in [1.165, 1.54) is 10.9 Å². The molecule has 1 N–H and O–H groups in total. The first-order chi connectivity index (χ1) is 12.5. The van der Waals surface area contributed by atoms with Gasteiger partial charge in [-0.05, 0) is 43.2 Å². The zero-order valence-electron chi connectivity index (χ0n) is 14.5. The number of phenolic OH excluding ortho intramolecular Hbond substituents is 1. The molecule has 0 radical (unpaired) electrons. The average Bonchev–Trinajstić information content (AvgIpc) is 3.00. The van der Waals surface area contributed by atoms with Crippen molar-refractivity contribution < 1.29 is 14.6 Å². The number of halogens is 2. The number of fused-ring (bicyclic) bond motifs is 1. The van der Waals surface area contributed by atoms with E-state index in [1.807, 2.05) is 26.0 Å². The molecule has 0 atom stereocenters. The van der Waals surface area contributed by atoms with Crippen molar-refractivity contribution in [2.45, 2.75) is 13.8 Å². The third-order valence-electron chi connectivity index (χ3n) is 3.95. The molecule has 26 heavy (non-hydrogen) atoms. The van der Waals surface area contributed by atoms with Crippen LogP contribution < -0.4 is 4.74 Å². The summed E-state index contributed by atoms with van der Waals surface area (Å²) in [5.41, 5.74) is 4.18. The molecule has 1 aromatic heterocycles. The van der Waals surface area contributed by atoms with Gasteiger partial charge in [-0.15, -0.1) is 15.0 Å². The van der Waals surface area contributed by atoms with Crippen molar-refractivity contribution in [3.63, 3.8) is 0 Å². The highest BCUT2D eigenvalue weighted by Gasteiger charge is 2.14. The Morgan fingerprint density at radius 3 is 2.31 bits per heavy atom. The van der Waals surface area contributed by atoms with Gasteiger partial charge in [-0.3, -0.25) is 0 Å². The number of aromatic nitrogens is 3. The molecule has 138 valence electrons. The van der Waals surface area contributed by atoms with E-state index in [0.29, 0.717) is 36.3 Å². The summed E-state index contributed by atoms with van der Waals surface area (Å²) in [6, 6.07) is 6.99. The predicted octanol–water partition coefficient (Wildman–Crippen LogP) is 4.19. The summed E-state index contributed by atoms with van der Waals surface area (Å²) in [5.74, 6) is 0.373. The molecule has 8 heteroatoms. The van der Waals surface area contributed by atoms with E-state index in [2.05, 4.69) is 26.1 Å². The van der Waals surface area contributed by atoms with E-state index in [1.54, 1.807) is 6.07 Å². The molecule has 1 heterocycles. The third-order valence-corrected chi connectivity index (χ3v) is 4.57. The van der Waals surface area contributed by atoms with E-state index < -0.39 is 0 Å². The SMILES string of the molecule is Cc1cc2nn(-c3cc(Cl)c(OCCOCCBr)cc3O)nc2cc1C. The van der Waals surface area contributed by atoms with Gasteiger partial charge in [-0.1, -0.05) is 27.5 Å². The lowest BCUT2D eigenvalue weighted by Gasteiger charge is -2.11. The Morgan fingerprint density at radius 1 is 1.04 bits per heavy atom. The van der Waals surface area contributed by atoms with Gasteiger partial charge < -0.3 is 14.6 Å². The van der Waals surface area contributed by atoms with Gasteiger partial charge in [0.15, 0.2) is 0 Å². The number of benzene rings is 2. The number of alkyl halides is 1. The maximum absolute atomic E-state index is 10.4. The van der Waals surface area contributed by atoms with Crippen LogP contribution >= 0.6 is 27.5 Å². The molecule has 3 rings (SSSR count). The number of nitrogens with zero attached hydrogens (tertiary/aromatic N) is 3. The maximum Gasteiger partial charge on any atom is 0.146 e. The highest BCUT2D eigenvalue weighted by molar-refractivity contribution is 9.09. The fraction of sp³-hybridized carbons (Fsp3) is 0.333. The van der Waals surface area contributed by atoms with Crippen molar-refractivity contribution in [1.82, 2.24) is 15.0 Å². The summed E-state index contributed by atoms with van der Waals surface area (Å²) in [7, 11) is 0. The molecule has 6 nitrogen and oxygen atoms in total. The van der Waals surface area contributed by atoms with Crippen LogP contribution in [-0.2, 0) is 4.74 Å². The molecule has 0 saturated heterocycles. The summed E-state index contributed by atoms with van der Waals surface area (Å²) < 4.78 is 10.9. The first kappa shape index (κ1) is 18.9. The van der Waals surface area contributed by atoms with Gasteiger partial charge in [0.25, 0.3) is 0 Å². The Hall–Kier alpha value is -1.83. The van der Waals surface area contributed by atoms with E-state index in [4.69, 9.17) is 21.1 Å². The fourth-order valence-electron chi connectivity index (χ4n) is 2.45. The van der Waals surface area contributed by atoms with Crippen LogP contribution in [0.1, 0.15) is 11.1 Å². The Kier molecular flexibility index (Phi) is 6.01. The number of phenols is 1. The third kappa shape index (κ3) is 4.11. The van der Waals surface area contributed by atoms with Gasteiger partial charge in [0, 0.05) is 11.4 Å². The zero-order valence-corrected chi connectivity index (χ0v) is 16.8. The van der Waals surface area contributed by atoms with Crippen LogP contribution in [0.15, 0.2) is 24.3 Å². The highest BCUT2D eigenvalue weighted by atomic mass is 79.9. The predicted molar refractivity (Wildman–Crippen MR) is 105 cm³/mol. The van der Waals surface area contributed by atoms with Crippen LogP contribution in [0.4, 0.5) is 0 Å². The van der Waals surface area contributed by atoms with Crippen molar-refractivity contribution in [3.05, 3.63) is 40.4 Å². The maximum atomic E-state index is 10.4. The Labute approximate surface area is 164 Å². The average molecular weight is 441 g/mol. The van der Waals surface area contributed by atoms with Crippen LogP contribution in [0, 0.1) is 13.8 Å². The Bertz CT molecular complexity index is 891. The molecular weight excluding hydrogens is 422 g/mol. The normalized spacial score (nSPS) is 11.2. The van der Waals surface area contributed by atoms with Crippen molar-refractivity contribution >= 4 is 38.6 Å². The molecule has 0 fully saturated rings. The fourth-order valence-corrected chi connectivity index (χ4v) is 2.89. The van der Waals surface area contributed by atoms with Gasteiger partial charge in [-0.25, -0.2) is 0 Å². The second-order valence-corrected chi connectivity index (χ2v) is 7.04. The number of rotatable bonds is 7. The van der Waals surface area contributed by atoms with Gasteiger partial charge in [-0.2, -0.15) is 0 Å². The first-order valence-electron chi connectivity index (χ1n) is 8.13. The number of ether oxygens (including phenoxy) is 2. The van der Waals surface area contributed by atoms with Crippen molar-refractivity contribution in [2.75, 3.05) is 25.2 Å². The molecule has 0 aliphatic rings. The van der Waals surface area contributed by atoms with Gasteiger partial charge in [0.1, 0.15) is 34.8 Å². The standard InChI is InChI=1S/C18H19BrClN3O3/c1-11-7-14-15(8-12(11)2)22-23(21-14)16-9-13(20)18(10-17(16)24)26-6-5-25-4-3-19/h7-10,24H,3-6H2,1-2H3. The van der Waals surface area contributed by atoms with Crippen LogP contribution in [0.5, 0.6) is 11.5 Å². The van der Waals surface area contributed by atoms with Crippen LogP contribution in [0.2, 0.25) is 5.02 Å². The molecule has 0 amide bonds. The molecule has 0 aliphatic carbocycles. The molecule has 0 bridgehead atoms.